The van der Waals surface area contributed by atoms with E-state index in [2.05, 4.69) is 55.5 Å². The molecule has 0 unspecified atom stereocenters. The van der Waals surface area contributed by atoms with Crippen molar-refractivity contribution in [2.45, 2.75) is 19.1 Å². The quantitative estimate of drug-likeness (QED) is 0.686. The second-order valence-corrected chi connectivity index (χ2v) is 4.25. The van der Waals surface area contributed by atoms with Gasteiger partial charge in [0.05, 0.1) is 6.10 Å². The standard InChI is InChI=1S/C15H14O/c1-11-15(16-11)14-9-7-13(8-10-14)12-5-3-2-4-6-12/h2-11,15H,1H3/t11-,15+/m1/s1. The predicted molar refractivity (Wildman–Crippen MR) is 65.2 cm³/mol. The van der Waals surface area contributed by atoms with Crippen molar-refractivity contribution < 1.29 is 4.74 Å². The summed E-state index contributed by atoms with van der Waals surface area (Å²) in [5, 5.41) is 0. The number of rotatable bonds is 2. The lowest BCUT2D eigenvalue weighted by Gasteiger charge is -2.02. The van der Waals surface area contributed by atoms with Crippen LogP contribution in [0.2, 0.25) is 0 Å². The van der Waals surface area contributed by atoms with Gasteiger partial charge in [-0.25, -0.2) is 0 Å². The van der Waals surface area contributed by atoms with E-state index in [1.807, 2.05) is 6.07 Å². The fourth-order valence-corrected chi connectivity index (χ4v) is 2.03. The summed E-state index contributed by atoms with van der Waals surface area (Å²) in [6.45, 7) is 2.11. The van der Waals surface area contributed by atoms with Gasteiger partial charge in [0, 0.05) is 0 Å². The minimum atomic E-state index is 0.324. The van der Waals surface area contributed by atoms with Gasteiger partial charge in [-0.2, -0.15) is 0 Å². The molecule has 16 heavy (non-hydrogen) atoms. The van der Waals surface area contributed by atoms with Crippen molar-refractivity contribution in [3.05, 3.63) is 60.2 Å². The largest absolute Gasteiger partial charge is 0.365 e. The van der Waals surface area contributed by atoms with Gasteiger partial charge >= 0.3 is 0 Å². The van der Waals surface area contributed by atoms with Gasteiger partial charge in [0.1, 0.15) is 6.10 Å². The number of benzene rings is 2. The molecule has 2 aromatic carbocycles. The van der Waals surface area contributed by atoms with Gasteiger partial charge in [0.15, 0.2) is 0 Å². The highest BCUT2D eigenvalue weighted by molar-refractivity contribution is 5.63. The number of ether oxygens (including phenoxy) is 1. The Morgan fingerprint density at radius 1 is 0.812 bits per heavy atom. The van der Waals surface area contributed by atoms with Gasteiger partial charge in [0.2, 0.25) is 0 Å². The lowest BCUT2D eigenvalue weighted by molar-refractivity contribution is 0.383. The second-order valence-electron chi connectivity index (χ2n) is 4.25. The van der Waals surface area contributed by atoms with E-state index in [0.29, 0.717) is 12.2 Å². The van der Waals surface area contributed by atoms with Gasteiger partial charge in [-0.15, -0.1) is 0 Å². The molecule has 0 N–H and O–H groups in total. The first kappa shape index (κ1) is 9.61. The molecule has 80 valence electrons. The molecule has 3 rings (SSSR count). The maximum atomic E-state index is 5.45. The Kier molecular flexibility index (Phi) is 2.26. The molecule has 1 nitrogen and oxygen atoms in total. The van der Waals surface area contributed by atoms with Crippen LogP contribution < -0.4 is 0 Å². The highest BCUT2D eigenvalue weighted by Gasteiger charge is 2.35. The zero-order chi connectivity index (χ0) is 11.0. The third-order valence-corrected chi connectivity index (χ3v) is 3.06. The van der Waals surface area contributed by atoms with E-state index in [0.717, 1.165) is 0 Å². The van der Waals surface area contributed by atoms with Crippen molar-refractivity contribution in [2.24, 2.45) is 0 Å². The molecule has 1 aliphatic rings. The van der Waals surface area contributed by atoms with Crippen molar-refractivity contribution in [1.29, 1.82) is 0 Å². The molecular weight excluding hydrogens is 196 g/mol. The van der Waals surface area contributed by atoms with Crippen LogP contribution in [0.3, 0.4) is 0 Å². The summed E-state index contributed by atoms with van der Waals surface area (Å²) in [5.74, 6) is 0. The Morgan fingerprint density at radius 2 is 1.38 bits per heavy atom. The van der Waals surface area contributed by atoms with Crippen LogP contribution in [0.4, 0.5) is 0 Å². The van der Waals surface area contributed by atoms with E-state index in [9.17, 15) is 0 Å². The van der Waals surface area contributed by atoms with E-state index in [1.54, 1.807) is 0 Å². The maximum absolute atomic E-state index is 5.45. The van der Waals surface area contributed by atoms with E-state index < -0.39 is 0 Å². The number of hydrogen-bond acceptors (Lipinski definition) is 1. The molecule has 0 saturated carbocycles. The molecular formula is C15H14O. The summed E-state index contributed by atoms with van der Waals surface area (Å²) < 4.78 is 5.45. The summed E-state index contributed by atoms with van der Waals surface area (Å²) in [6.07, 6.45) is 0.715. The third kappa shape index (κ3) is 1.74. The number of epoxide rings is 1. The molecule has 0 bridgehead atoms. The summed E-state index contributed by atoms with van der Waals surface area (Å²) in [6, 6.07) is 19.1. The predicted octanol–water partition coefficient (Wildman–Crippen LogP) is 3.81. The van der Waals surface area contributed by atoms with E-state index >= 15 is 0 Å². The first-order valence-corrected chi connectivity index (χ1v) is 5.65. The van der Waals surface area contributed by atoms with E-state index in [1.165, 1.54) is 16.7 Å². The minimum Gasteiger partial charge on any atom is -0.365 e. The van der Waals surface area contributed by atoms with Crippen LogP contribution in [-0.2, 0) is 4.74 Å². The lowest BCUT2D eigenvalue weighted by atomic mass is 10.0. The SMILES string of the molecule is C[C@H]1O[C@@H]1c1ccc(-c2ccccc2)cc1. The highest BCUT2D eigenvalue weighted by atomic mass is 16.6. The minimum absolute atomic E-state index is 0.324. The Morgan fingerprint density at radius 3 is 1.94 bits per heavy atom. The van der Waals surface area contributed by atoms with Gasteiger partial charge < -0.3 is 4.74 Å². The topological polar surface area (TPSA) is 12.5 Å². The van der Waals surface area contributed by atoms with Crippen LogP contribution in [0.15, 0.2) is 54.6 Å². The van der Waals surface area contributed by atoms with Gasteiger partial charge in [-0.05, 0) is 23.6 Å². The Bertz CT molecular complexity index is 473. The smallest absolute Gasteiger partial charge is 0.109 e. The van der Waals surface area contributed by atoms with Gasteiger partial charge in [0.25, 0.3) is 0 Å². The normalized spacial score (nSPS) is 23.1. The fraction of sp³-hybridized carbons (Fsp3) is 0.200. The third-order valence-electron chi connectivity index (χ3n) is 3.06. The molecule has 0 spiro atoms. The summed E-state index contributed by atoms with van der Waals surface area (Å²) >= 11 is 0. The zero-order valence-electron chi connectivity index (χ0n) is 9.26. The molecule has 0 radical (unpaired) electrons. The van der Waals surface area contributed by atoms with E-state index in [4.69, 9.17) is 4.74 Å². The second kappa shape index (κ2) is 3.76. The van der Waals surface area contributed by atoms with Crippen LogP contribution in [0.5, 0.6) is 0 Å². The lowest BCUT2D eigenvalue weighted by Crippen LogP contribution is -1.84. The molecule has 1 heterocycles. The van der Waals surface area contributed by atoms with Crippen LogP contribution in [0.25, 0.3) is 11.1 Å². The molecule has 0 amide bonds. The summed E-state index contributed by atoms with van der Waals surface area (Å²) in [7, 11) is 0. The molecule has 2 aromatic rings. The van der Waals surface area contributed by atoms with Crippen LogP contribution in [-0.4, -0.2) is 6.10 Å². The molecule has 0 aromatic heterocycles. The van der Waals surface area contributed by atoms with Gasteiger partial charge in [-0.3, -0.25) is 0 Å². The fourth-order valence-electron chi connectivity index (χ4n) is 2.03. The van der Waals surface area contributed by atoms with E-state index in [-0.39, 0.29) is 0 Å². The molecule has 1 aliphatic heterocycles. The molecule has 1 heteroatoms. The molecule has 1 saturated heterocycles. The average molecular weight is 210 g/mol. The zero-order valence-corrected chi connectivity index (χ0v) is 9.26. The Hall–Kier alpha value is -1.60. The van der Waals surface area contributed by atoms with Crippen molar-refractivity contribution >= 4 is 0 Å². The van der Waals surface area contributed by atoms with Crippen LogP contribution in [0.1, 0.15) is 18.6 Å². The maximum Gasteiger partial charge on any atom is 0.109 e. The van der Waals surface area contributed by atoms with Crippen molar-refractivity contribution in [3.8, 4) is 11.1 Å². The van der Waals surface area contributed by atoms with Crippen LogP contribution in [0, 0.1) is 0 Å². The monoisotopic (exact) mass is 210 g/mol. The summed E-state index contributed by atoms with van der Waals surface area (Å²) in [5.41, 5.74) is 3.81. The molecule has 1 fully saturated rings. The number of hydrogen-bond donors (Lipinski definition) is 0. The van der Waals surface area contributed by atoms with Crippen molar-refractivity contribution in [1.82, 2.24) is 0 Å². The summed E-state index contributed by atoms with van der Waals surface area (Å²) in [4.78, 5) is 0. The first-order valence-electron chi connectivity index (χ1n) is 5.65. The Labute approximate surface area is 95.7 Å². The molecule has 2 atom stereocenters. The Balaban J connectivity index is 1.88. The average Bonchev–Trinajstić information content (AvgIpc) is 3.08. The van der Waals surface area contributed by atoms with Crippen molar-refractivity contribution in [2.75, 3.05) is 0 Å². The van der Waals surface area contributed by atoms with Gasteiger partial charge in [-0.1, -0.05) is 54.6 Å². The van der Waals surface area contributed by atoms with Crippen molar-refractivity contribution in [3.63, 3.8) is 0 Å². The van der Waals surface area contributed by atoms with Crippen LogP contribution >= 0.6 is 0 Å². The highest BCUT2D eigenvalue weighted by Crippen LogP contribution is 2.38. The first-order chi connectivity index (χ1) is 7.84. The molecule has 0 aliphatic carbocycles.